The number of hydrogen-bond acceptors (Lipinski definition) is 5. The largest absolute Gasteiger partial charge is 0.352 e. The lowest BCUT2D eigenvalue weighted by Crippen LogP contribution is -2.23. The highest BCUT2D eigenvalue weighted by Crippen LogP contribution is 2.20. The smallest absolute Gasteiger partial charge is 0.220 e. The minimum atomic E-state index is -3.21. The molecule has 3 rings (SSSR count). The van der Waals surface area contributed by atoms with Gasteiger partial charge in [-0.05, 0) is 47.9 Å². The molecule has 0 radical (unpaired) electrons. The van der Waals surface area contributed by atoms with E-state index in [-0.39, 0.29) is 10.8 Å². The predicted octanol–water partition coefficient (Wildman–Crippen LogP) is 2.80. The molecule has 0 saturated carbocycles. The van der Waals surface area contributed by atoms with Gasteiger partial charge in [-0.15, -0.1) is 0 Å². The number of sulfone groups is 1. The first-order chi connectivity index (χ1) is 13.4. The van der Waals surface area contributed by atoms with E-state index >= 15 is 0 Å². The minimum absolute atomic E-state index is 0.0725. The Morgan fingerprint density at radius 3 is 2.39 bits per heavy atom. The summed E-state index contributed by atoms with van der Waals surface area (Å²) in [5.41, 5.74) is 3.62. The van der Waals surface area contributed by atoms with Crippen LogP contribution < -0.4 is 5.32 Å². The summed E-state index contributed by atoms with van der Waals surface area (Å²) in [5.74, 6) is -0.0725. The normalized spacial score (nSPS) is 11.2. The van der Waals surface area contributed by atoms with E-state index in [1.807, 2.05) is 24.3 Å². The van der Waals surface area contributed by atoms with Gasteiger partial charge in [0, 0.05) is 43.4 Å². The SMILES string of the molecule is CS(=O)(=O)c1ccc(CCC(=O)NCc2cccnc2-c2ccncc2)cc1. The van der Waals surface area contributed by atoms with Gasteiger partial charge in [-0.25, -0.2) is 8.42 Å². The van der Waals surface area contributed by atoms with Gasteiger partial charge in [0.15, 0.2) is 9.84 Å². The van der Waals surface area contributed by atoms with Crippen LogP contribution in [0.4, 0.5) is 0 Å². The first kappa shape index (κ1) is 19.7. The summed E-state index contributed by atoms with van der Waals surface area (Å²) in [6.45, 7) is 0.386. The molecule has 28 heavy (non-hydrogen) atoms. The topological polar surface area (TPSA) is 89.0 Å². The van der Waals surface area contributed by atoms with Crippen molar-refractivity contribution in [3.63, 3.8) is 0 Å². The second-order valence-electron chi connectivity index (χ2n) is 6.44. The Balaban J connectivity index is 1.57. The van der Waals surface area contributed by atoms with E-state index in [0.29, 0.717) is 19.4 Å². The Labute approximate surface area is 164 Å². The molecule has 0 atom stereocenters. The fraction of sp³-hybridized carbons (Fsp3) is 0.190. The first-order valence-electron chi connectivity index (χ1n) is 8.83. The molecule has 2 heterocycles. The molecule has 144 valence electrons. The molecule has 0 spiro atoms. The van der Waals surface area contributed by atoms with Crippen LogP contribution in [0.2, 0.25) is 0 Å². The first-order valence-corrected chi connectivity index (χ1v) is 10.7. The van der Waals surface area contributed by atoms with E-state index in [1.54, 1.807) is 42.9 Å². The molecule has 0 aliphatic carbocycles. The average molecular weight is 395 g/mol. The van der Waals surface area contributed by atoms with Crippen molar-refractivity contribution >= 4 is 15.7 Å². The second kappa shape index (κ2) is 8.75. The zero-order valence-electron chi connectivity index (χ0n) is 15.5. The van der Waals surface area contributed by atoms with E-state index in [4.69, 9.17) is 0 Å². The molecular weight excluding hydrogens is 374 g/mol. The molecule has 0 fully saturated rings. The number of amides is 1. The van der Waals surface area contributed by atoms with Crippen LogP contribution in [0.1, 0.15) is 17.5 Å². The summed E-state index contributed by atoms with van der Waals surface area (Å²) < 4.78 is 23.0. The van der Waals surface area contributed by atoms with Gasteiger partial charge in [0.1, 0.15) is 0 Å². The molecule has 0 aliphatic heterocycles. The number of aromatic nitrogens is 2. The van der Waals surface area contributed by atoms with E-state index < -0.39 is 9.84 Å². The van der Waals surface area contributed by atoms with Gasteiger partial charge in [0.05, 0.1) is 10.6 Å². The summed E-state index contributed by atoms with van der Waals surface area (Å²) >= 11 is 0. The van der Waals surface area contributed by atoms with E-state index in [2.05, 4.69) is 15.3 Å². The van der Waals surface area contributed by atoms with Crippen LogP contribution in [-0.4, -0.2) is 30.5 Å². The second-order valence-corrected chi connectivity index (χ2v) is 8.46. The Bertz CT molecular complexity index is 1050. The molecule has 1 amide bonds. The molecule has 6 nitrogen and oxygen atoms in total. The summed E-state index contributed by atoms with van der Waals surface area (Å²) in [4.78, 5) is 20.9. The lowest BCUT2D eigenvalue weighted by Gasteiger charge is -2.10. The fourth-order valence-corrected chi connectivity index (χ4v) is 3.42. The number of pyridine rings is 2. The third-order valence-corrected chi connectivity index (χ3v) is 5.44. The standard InChI is InChI=1S/C21H21N3O3S/c1-28(26,27)19-7-4-16(5-8-19)6-9-20(25)24-15-18-3-2-12-23-21(18)17-10-13-22-14-11-17/h2-5,7-8,10-14H,6,9,15H2,1H3,(H,24,25). The highest BCUT2D eigenvalue weighted by atomic mass is 32.2. The number of carbonyl (C=O) groups is 1. The Morgan fingerprint density at radius 1 is 1.00 bits per heavy atom. The lowest BCUT2D eigenvalue weighted by molar-refractivity contribution is -0.121. The average Bonchev–Trinajstić information content (AvgIpc) is 2.71. The maximum absolute atomic E-state index is 12.2. The molecule has 0 saturated heterocycles. The third-order valence-electron chi connectivity index (χ3n) is 4.31. The van der Waals surface area contributed by atoms with Crippen LogP contribution >= 0.6 is 0 Å². The summed E-state index contributed by atoms with van der Waals surface area (Å²) in [5, 5.41) is 2.92. The van der Waals surface area contributed by atoms with Gasteiger partial charge in [0.25, 0.3) is 0 Å². The van der Waals surface area contributed by atoms with Gasteiger partial charge in [-0.1, -0.05) is 18.2 Å². The Hall–Kier alpha value is -3.06. The molecule has 7 heteroatoms. The number of benzene rings is 1. The van der Waals surface area contributed by atoms with Gasteiger partial charge in [0.2, 0.25) is 5.91 Å². The molecule has 2 aromatic heterocycles. The van der Waals surface area contributed by atoms with E-state index in [9.17, 15) is 13.2 Å². The fourth-order valence-electron chi connectivity index (χ4n) is 2.79. The molecular formula is C21H21N3O3S. The van der Waals surface area contributed by atoms with Crippen molar-refractivity contribution in [2.75, 3.05) is 6.26 Å². The van der Waals surface area contributed by atoms with Gasteiger partial charge in [-0.2, -0.15) is 0 Å². The maximum atomic E-state index is 12.2. The molecule has 1 N–H and O–H groups in total. The predicted molar refractivity (Wildman–Crippen MR) is 107 cm³/mol. The van der Waals surface area contributed by atoms with Crippen molar-refractivity contribution in [1.29, 1.82) is 0 Å². The quantitative estimate of drug-likeness (QED) is 0.664. The van der Waals surface area contributed by atoms with Gasteiger partial charge >= 0.3 is 0 Å². The highest BCUT2D eigenvalue weighted by Gasteiger charge is 2.09. The van der Waals surface area contributed by atoms with E-state index in [0.717, 1.165) is 22.4 Å². The number of carbonyl (C=O) groups excluding carboxylic acids is 1. The maximum Gasteiger partial charge on any atom is 0.220 e. The van der Waals surface area contributed by atoms with Crippen LogP contribution in [-0.2, 0) is 27.6 Å². The van der Waals surface area contributed by atoms with Crippen molar-refractivity contribution in [3.8, 4) is 11.3 Å². The van der Waals surface area contributed by atoms with Crippen molar-refractivity contribution in [2.45, 2.75) is 24.3 Å². The zero-order valence-corrected chi connectivity index (χ0v) is 16.3. The number of rotatable bonds is 7. The van der Waals surface area contributed by atoms with Crippen molar-refractivity contribution in [1.82, 2.24) is 15.3 Å². The number of aryl methyl sites for hydroxylation is 1. The number of nitrogens with one attached hydrogen (secondary N) is 1. The van der Waals surface area contributed by atoms with Crippen LogP contribution in [0.15, 0.2) is 72.0 Å². The lowest BCUT2D eigenvalue weighted by atomic mass is 10.1. The van der Waals surface area contributed by atoms with Crippen molar-refractivity contribution in [3.05, 3.63) is 78.2 Å². The highest BCUT2D eigenvalue weighted by molar-refractivity contribution is 7.90. The molecule has 0 unspecified atom stereocenters. The van der Waals surface area contributed by atoms with Crippen LogP contribution in [0.5, 0.6) is 0 Å². The summed E-state index contributed by atoms with van der Waals surface area (Å²) in [6, 6.07) is 14.2. The molecule has 0 aliphatic rings. The summed E-state index contributed by atoms with van der Waals surface area (Å²) in [7, 11) is -3.21. The molecule has 1 aromatic carbocycles. The Kier molecular flexibility index (Phi) is 6.16. The monoisotopic (exact) mass is 395 g/mol. The van der Waals surface area contributed by atoms with Crippen molar-refractivity contribution < 1.29 is 13.2 Å². The Morgan fingerprint density at radius 2 is 1.71 bits per heavy atom. The summed E-state index contributed by atoms with van der Waals surface area (Å²) in [6.07, 6.45) is 7.18. The van der Waals surface area contributed by atoms with Gasteiger partial charge in [-0.3, -0.25) is 14.8 Å². The molecule has 0 bridgehead atoms. The van der Waals surface area contributed by atoms with Crippen molar-refractivity contribution in [2.24, 2.45) is 0 Å². The van der Waals surface area contributed by atoms with E-state index in [1.165, 1.54) is 6.26 Å². The third kappa shape index (κ3) is 5.23. The number of hydrogen-bond donors (Lipinski definition) is 1. The van der Waals surface area contributed by atoms with Crippen LogP contribution in [0.3, 0.4) is 0 Å². The number of nitrogens with zero attached hydrogens (tertiary/aromatic N) is 2. The zero-order chi connectivity index (χ0) is 20.0. The molecule has 3 aromatic rings. The van der Waals surface area contributed by atoms with Crippen LogP contribution in [0, 0.1) is 0 Å². The van der Waals surface area contributed by atoms with Crippen LogP contribution in [0.25, 0.3) is 11.3 Å². The van der Waals surface area contributed by atoms with Gasteiger partial charge < -0.3 is 5.32 Å². The minimum Gasteiger partial charge on any atom is -0.352 e.